The van der Waals surface area contributed by atoms with Crippen LogP contribution in [0.15, 0.2) is 48.5 Å². The molecular weight excluding hydrogens is 1410 g/mol. The van der Waals surface area contributed by atoms with Gasteiger partial charge in [-0.15, -0.1) is 0 Å². The van der Waals surface area contributed by atoms with E-state index in [4.69, 9.17) is 11.5 Å². The number of nitrogens with two attached hydrogens (primary N) is 2. The summed E-state index contributed by atoms with van der Waals surface area (Å²) in [5, 5.41) is 42.1. The number of carbonyl (C=O) groups is 4. The number of anilines is 2. The van der Waals surface area contributed by atoms with E-state index >= 15 is 0 Å². The van der Waals surface area contributed by atoms with Crippen LogP contribution >= 0.6 is 0 Å². The third-order valence-electron chi connectivity index (χ3n) is 26.2. The molecule has 0 aliphatic rings. The molecular formula is C102H188N4O8. The van der Waals surface area contributed by atoms with Crippen LogP contribution in [0.4, 0.5) is 11.4 Å². The summed E-state index contributed by atoms with van der Waals surface area (Å²) in [5.41, 5.74) is 14.0. The molecule has 12 heteroatoms. The van der Waals surface area contributed by atoms with Crippen LogP contribution in [-0.4, -0.2) is 80.3 Å². The van der Waals surface area contributed by atoms with E-state index in [2.05, 4.69) is 89.5 Å². The number of unbranched alkanes of at least 4 members (excludes halogenated alkanes) is 44. The van der Waals surface area contributed by atoms with E-state index in [1.165, 1.54) is 165 Å². The third kappa shape index (κ3) is 53.4. The van der Waals surface area contributed by atoms with Gasteiger partial charge < -0.3 is 31.9 Å². The Hall–Kier alpha value is -4.16. The molecule has 0 spiro atoms. The predicted molar refractivity (Wildman–Crippen MR) is 492 cm³/mol. The molecule has 4 unspecified atom stereocenters. The molecule has 0 saturated heterocycles. The molecule has 0 aliphatic heterocycles. The molecule has 664 valence electrons. The highest BCUT2D eigenvalue weighted by atomic mass is 16.4. The van der Waals surface area contributed by atoms with E-state index < -0.39 is 45.5 Å². The van der Waals surface area contributed by atoms with Crippen molar-refractivity contribution in [1.82, 2.24) is 9.80 Å². The smallest absolute Gasteiger partial charge is 0.309 e. The third-order valence-corrected chi connectivity index (χ3v) is 26.2. The van der Waals surface area contributed by atoms with Crippen molar-refractivity contribution in [3.63, 3.8) is 0 Å². The minimum Gasteiger partial charge on any atom is -0.481 e. The number of carboxylic acid groups (broad SMARTS) is 4. The molecule has 0 heterocycles. The standard InChI is InChI=1S/2C51H94N2O4/c2*1-5-9-13-17-19-27-39-50(48(54)55,37-25-15-11-7-3)41-29-21-23-31-43-53(45-46-33-35-47(52)36-34-46)44-32-24-22-30-42-51(49(56)57,38-26-16-12-8-4)40-28-20-18-14-10-6-2/h2*33-36H,5-32,37-45,52H2,1-4H3,(H,54,55)(H,56,57). The van der Waals surface area contributed by atoms with E-state index in [0.717, 1.165) is 333 Å². The van der Waals surface area contributed by atoms with Gasteiger partial charge in [-0.05, 0) is 164 Å². The van der Waals surface area contributed by atoms with Crippen molar-refractivity contribution in [2.45, 2.75) is 505 Å². The number of aliphatic carboxylic acids is 4. The zero-order valence-corrected chi connectivity index (χ0v) is 76.4. The average Bonchev–Trinajstić information content (AvgIpc) is 0.859. The lowest BCUT2D eigenvalue weighted by molar-refractivity contribution is -0.151. The van der Waals surface area contributed by atoms with Gasteiger partial charge in [0.15, 0.2) is 0 Å². The lowest BCUT2D eigenvalue weighted by Crippen LogP contribution is -2.31. The Balaban J connectivity index is 0.00000114. The van der Waals surface area contributed by atoms with Gasteiger partial charge in [-0.2, -0.15) is 0 Å². The zero-order chi connectivity index (χ0) is 83.8. The minimum atomic E-state index is -0.555. The van der Waals surface area contributed by atoms with E-state index in [-0.39, 0.29) is 0 Å². The molecule has 12 nitrogen and oxygen atoms in total. The quantitative estimate of drug-likeness (QED) is 0.0270. The summed E-state index contributed by atoms with van der Waals surface area (Å²) in [6, 6.07) is 16.6. The van der Waals surface area contributed by atoms with Crippen LogP contribution in [0.25, 0.3) is 0 Å². The van der Waals surface area contributed by atoms with Crippen molar-refractivity contribution in [3.05, 3.63) is 59.7 Å². The number of nitrogens with zero attached hydrogens (tertiary/aromatic N) is 2. The second kappa shape index (κ2) is 72.8. The SMILES string of the molecule is CCCCCCCCC(CCCCCC)(CCCCCCN(CCCCCCC(CCCCCC)(CCCCCCCC)C(=O)O)Cc1ccc(N)cc1)C(=O)O.CCCCCCCCC(CCCCCC)(CCCCCCN(CCCCCCC(CCCCCC)(CCCCCCCC)C(=O)O)Cc1ccc(N)cc1)C(=O)O. The van der Waals surface area contributed by atoms with Gasteiger partial charge in [0.05, 0.1) is 21.7 Å². The van der Waals surface area contributed by atoms with Crippen LogP contribution in [0.3, 0.4) is 0 Å². The highest BCUT2D eigenvalue weighted by molar-refractivity contribution is 5.76. The highest BCUT2D eigenvalue weighted by Gasteiger charge is 2.40. The second-order valence-corrected chi connectivity index (χ2v) is 36.3. The van der Waals surface area contributed by atoms with Gasteiger partial charge in [0.1, 0.15) is 0 Å². The Morgan fingerprint density at radius 3 is 0.500 bits per heavy atom. The lowest BCUT2D eigenvalue weighted by atomic mass is 9.74. The van der Waals surface area contributed by atoms with Crippen LogP contribution in [0.2, 0.25) is 0 Å². The number of hydrogen-bond acceptors (Lipinski definition) is 8. The fraction of sp³-hybridized carbons (Fsp3) is 0.843. The van der Waals surface area contributed by atoms with Crippen LogP contribution in [0, 0.1) is 21.7 Å². The molecule has 0 aliphatic carbocycles. The molecule has 2 aromatic rings. The number of nitrogen functional groups attached to an aromatic ring is 2. The van der Waals surface area contributed by atoms with Crippen molar-refractivity contribution < 1.29 is 39.6 Å². The first-order chi connectivity index (χ1) is 55.4. The Morgan fingerprint density at radius 2 is 0.351 bits per heavy atom. The van der Waals surface area contributed by atoms with Crippen LogP contribution < -0.4 is 11.5 Å². The summed E-state index contributed by atoms with van der Waals surface area (Å²) in [7, 11) is 0. The van der Waals surface area contributed by atoms with Gasteiger partial charge in [0.2, 0.25) is 0 Å². The molecule has 0 saturated carbocycles. The Labute approximate surface area is 704 Å². The van der Waals surface area contributed by atoms with Gasteiger partial charge in [0, 0.05) is 24.5 Å². The summed E-state index contributed by atoms with van der Waals surface area (Å²) in [6.45, 7) is 23.9. The molecule has 0 radical (unpaired) electrons. The molecule has 2 rings (SSSR count). The molecule has 0 bridgehead atoms. The summed E-state index contributed by atoms with van der Waals surface area (Å²) >= 11 is 0. The van der Waals surface area contributed by atoms with Gasteiger partial charge in [-0.1, -0.05) is 414 Å². The van der Waals surface area contributed by atoms with E-state index in [9.17, 15) is 39.6 Å². The van der Waals surface area contributed by atoms with E-state index in [1.807, 2.05) is 24.3 Å². The van der Waals surface area contributed by atoms with Crippen LogP contribution in [-0.2, 0) is 32.3 Å². The van der Waals surface area contributed by atoms with Crippen molar-refractivity contribution in [2.75, 3.05) is 37.6 Å². The van der Waals surface area contributed by atoms with E-state index in [1.54, 1.807) is 0 Å². The maximum Gasteiger partial charge on any atom is 0.309 e. The van der Waals surface area contributed by atoms with Gasteiger partial charge in [-0.25, -0.2) is 0 Å². The first-order valence-electron chi connectivity index (χ1n) is 49.4. The maximum atomic E-state index is 12.8. The molecule has 0 fully saturated rings. The van der Waals surface area contributed by atoms with E-state index in [0.29, 0.717) is 0 Å². The molecule has 0 amide bonds. The van der Waals surface area contributed by atoms with Crippen molar-refractivity contribution in [3.8, 4) is 0 Å². The molecule has 8 N–H and O–H groups in total. The summed E-state index contributed by atoms with van der Waals surface area (Å²) in [4.78, 5) is 56.4. The summed E-state index contributed by atoms with van der Waals surface area (Å²) < 4.78 is 0. The van der Waals surface area contributed by atoms with Gasteiger partial charge in [-0.3, -0.25) is 29.0 Å². The Kier molecular flexibility index (Phi) is 68.9. The number of benzene rings is 2. The predicted octanol–water partition coefficient (Wildman–Crippen LogP) is 31.1. The summed E-state index contributed by atoms with van der Waals surface area (Å²) in [5.74, 6) is -2.22. The van der Waals surface area contributed by atoms with Gasteiger partial charge in [0.25, 0.3) is 0 Å². The summed E-state index contributed by atoms with van der Waals surface area (Å²) in [6.07, 6.45) is 74.6. The average molecular weight is 1600 g/mol. The normalized spacial score (nSPS) is 13.8. The van der Waals surface area contributed by atoms with Crippen LogP contribution in [0.1, 0.15) is 503 Å². The topological polar surface area (TPSA) is 208 Å². The van der Waals surface area contributed by atoms with Crippen molar-refractivity contribution in [2.24, 2.45) is 21.7 Å². The second-order valence-electron chi connectivity index (χ2n) is 36.3. The molecule has 0 aromatic heterocycles. The Morgan fingerprint density at radius 1 is 0.219 bits per heavy atom. The highest BCUT2D eigenvalue weighted by Crippen LogP contribution is 2.42. The molecule has 114 heavy (non-hydrogen) atoms. The maximum absolute atomic E-state index is 12.8. The fourth-order valence-electron chi connectivity index (χ4n) is 18.2. The number of carboxylic acids is 4. The molecule has 2 aromatic carbocycles. The van der Waals surface area contributed by atoms with Crippen molar-refractivity contribution in [1.29, 1.82) is 0 Å². The fourth-order valence-corrected chi connectivity index (χ4v) is 18.2. The van der Waals surface area contributed by atoms with Crippen molar-refractivity contribution >= 4 is 35.3 Å². The minimum absolute atomic E-state index is 0.548. The number of rotatable bonds is 84. The van der Waals surface area contributed by atoms with Crippen LogP contribution in [0.5, 0.6) is 0 Å². The number of hydrogen-bond donors (Lipinski definition) is 6. The largest absolute Gasteiger partial charge is 0.481 e. The zero-order valence-electron chi connectivity index (χ0n) is 76.4. The first kappa shape index (κ1) is 108. The molecule has 4 atom stereocenters. The van der Waals surface area contributed by atoms with Gasteiger partial charge >= 0.3 is 23.9 Å². The first-order valence-corrected chi connectivity index (χ1v) is 49.4. The Bertz CT molecular complexity index is 2230. The lowest BCUT2D eigenvalue weighted by Gasteiger charge is -2.30. The monoisotopic (exact) mass is 1600 g/mol.